The second-order valence-electron chi connectivity index (χ2n) is 12.8. The Morgan fingerprint density at radius 3 is 2.22 bits per heavy atom. The van der Waals surface area contributed by atoms with E-state index in [9.17, 15) is 24.3 Å². The number of hydrogen-bond donors (Lipinski definition) is 1. The maximum atomic E-state index is 13.0. The lowest BCUT2D eigenvalue weighted by Crippen LogP contribution is -2.69. The number of carbonyl (C=O) groups excluding carboxylic acids is 4. The molecule has 0 aromatic rings. The van der Waals surface area contributed by atoms with Crippen LogP contribution in [-0.4, -0.2) is 88.8 Å². The number of carbonyl (C=O) groups is 4. The third-order valence-electron chi connectivity index (χ3n) is 9.64. The second-order valence-corrected chi connectivity index (χ2v) is 13.3. The van der Waals surface area contributed by atoms with Crippen LogP contribution in [0.1, 0.15) is 54.9 Å². The predicted octanol–water partition coefficient (Wildman–Crippen LogP) is 2.08. The van der Waals surface area contributed by atoms with Gasteiger partial charge in [0.15, 0.2) is 11.7 Å². The number of esters is 4. The Labute approximate surface area is 244 Å². The molecule has 0 aromatic heterocycles. The summed E-state index contributed by atoms with van der Waals surface area (Å²) in [6, 6.07) is 0. The summed E-state index contributed by atoms with van der Waals surface area (Å²) < 4.78 is 35.7. The van der Waals surface area contributed by atoms with Crippen molar-refractivity contribution in [1.29, 1.82) is 0 Å². The molecule has 2 saturated carbocycles. The van der Waals surface area contributed by atoms with Gasteiger partial charge in [0.25, 0.3) is 0 Å². The van der Waals surface area contributed by atoms with Crippen LogP contribution in [0.25, 0.3) is 0 Å². The van der Waals surface area contributed by atoms with Crippen LogP contribution in [0.2, 0.25) is 0 Å². The van der Waals surface area contributed by atoms with Crippen molar-refractivity contribution in [3.8, 4) is 0 Å². The van der Waals surface area contributed by atoms with Crippen LogP contribution in [0.15, 0.2) is 12.2 Å². The Hall–Kier alpha value is -2.21. The van der Waals surface area contributed by atoms with Gasteiger partial charge in [-0.25, -0.2) is 0 Å². The van der Waals surface area contributed by atoms with Crippen molar-refractivity contribution in [2.24, 2.45) is 29.1 Å². The van der Waals surface area contributed by atoms with Gasteiger partial charge in [-0.1, -0.05) is 34.3 Å². The molecule has 14 atom stereocenters. The first kappa shape index (κ1) is 30.3. The fourth-order valence-electron chi connectivity index (χ4n) is 7.62. The normalized spacial score (nSPS) is 48.0. The first-order valence-electron chi connectivity index (χ1n) is 14.1. The van der Waals surface area contributed by atoms with Gasteiger partial charge in [0.2, 0.25) is 0 Å². The van der Waals surface area contributed by atoms with Crippen molar-refractivity contribution in [2.45, 2.75) is 115 Å². The maximum absolute atomic E-state index is 13.0. The minimum absolute atomic E-state index is 0.0556. The number of epoxide rings is 2. The van der Waals surface area contributed by atoms with Gasteiger partial charge in [0, 0.05) is 37.5 Å². The second kappa shape index (κ2) is 10.2. The third-order valence-corrected chi connectivity index (χ3v) is 10.2. The zero-order valence-corrected chi connectivity index (χ0v) is 25.1. The summed E-state index contributed by atoms with van der Waals surface area (Å²) in [6.07, 6.45) is -6.75. The molecule has 11 nitrogen and oxygen atoms in total. The predicted molar refractivity (Wildman–Crippen MR) is 141 cm³/mol. The van der Waals surface area contributed by atoms with E-state index in [4.69, 9.17) is 40.0 Å². The van der Waals surface area contributed by atoms with E-state index in [1.54, 1.807) is 0 Å². The molecule has 5 fully saturated rings. The Morgan fingerprint density at radius 1 is 1.02 bits per heavy atom. The summed E-state index contributed by atoms with van der Waals surface area (Å²) in [5.41, 5.74) is -2.93. The molecule has 0 aromatic carbocycles. The number of fused-ring (bicyclic) bond motifs is 5. The lowest BCUT2D eigenvalue weighted by Gasteiger charge is -2.54. The molecular weight excluding hydrogens is 560 g/mol. The Morgan fingerprint density at radius 2 is 1.63 bits per heavy atom. The summed E-state index contributed by atoms with van der Waals surface area (Å²) in [6.45, 7) is 15.5. The highest BCUT2D eigenvalue weighted by Crippen LogP contribution is 2.64. The average Bonchev–Trinajstić information content (AvgIpc) is 3.78. The van der Waals surface area contributed by atoms with Crippen molar-refractivity contribution in [1.82, 2.24) is 0 Å². The Balaban J connectivity index is 1.70. The summed E-state index contributed by atoms with van der Waals surface area (Å²) in [5, 5.41) is 11.4. The highest BCUT2D eigenvalue weighted by atomic mass is 35.5. The largest absolute Gasteiger partial charge is 0.459 e. The van der Waals surface area contributed by atoms with Crippen LogP contribution in [0, 0.1) is 29.1 Å². The first-order chi connectivity index (χ1) is 19.0. The fraction of sp³-hybridized carbons (Fsp3) is 0.793. The van der Waals surface area contributed by atoms with Crippen molar-refractivity contribution in [2.75, 3.05) is 0 Å². The zero-order chi connectivity index (χ0) is 30.3. The minimum Gasteiger partial charge on any atom is -0.459 e. The van der Waals surface area contributed by atoms with Gasteiger partial charge in [-0.3, -0.25) is 19.2 Å². The number of hydrogen-bond acceptors (Lipinski definition) is 11. The molecule has 0 radical (unpaired) electrons. The molecule has 41 heavy (non-hydrogen) atoms. The molecule has 5 aliphatic rings. The van der Waals surface area contributed by atoms with Gasteiger partial charge >= 0.3 is 23.9 Å². The summed E-state index contributed by atoms with van der Waals surface area (Å²) >= 11 is 6.84. The van der Waals surface area contributed by atoms with Gasteiger partial charge in [0.1, 0.15) is 36.6 Å². The molecule has 12 heteroatoms. The van der Waals surface area contributed by atoms with Crippen molar-refractivity contribution in [3.63, 3.8) is 0 Å². The summed E-state index contributed by atoms with van der Waals surface area (Å²) in [7, 11) is 0. The third kappa shape index (κ3) is 4.67. The fourth-order valence-corrected chi connectivity index (χ4v) is 8.00. The van der Waals surface area contributed by atoms with Gasteiger partial charge in [-0.2, -0.15) is 0 Å². The summed E-state index contributed by atoms with van der Waals surface area (Å²) in [4.78, 5) is 51.0. The van der Waals surface area contributed by atoms with Crippen molar-refractivity contribution >= 4 is 35.5 Å². The van der Waals surface area contributed by atoms with Gasteiger partial charge in [-0.05, 0) is 18.4 Å². The monoisotopic (exact) mass is 598 g/mol. The molecule has 2 aliphatic carbocycles. The highest BCUT2D eigenvalue weighted by molar-refractivity contribution is 6.23. The van der Waals surface area contributed by atoms with Crippen LogP contribution in [0.3, 0.4) is 0 Å². The standard InChI is InChI=1S/C29H39ClO11/c1-10(2)9-16(33)38-19-11(3)17-23(36-14(6)31)29(35)13(5)27(34)41-24(29)18(30)12(4)20-21(39-20)25(37-15(7)32)28(17,8)26-22(19)40-26/h10-11,13,17-26,35H,4,9H2,1-3,5-8H3/t11-,13+,17?,18+,19-,20-,21-,22+,23+,24+,25+,26+,28+,29-/m1/s1. The quantitative estimate of drug-likeness (QED) is 0.163. The molecule has 0 bridgehead atoms. The summed E-state index contributed by atoms with van der Waals surface area (Å²) in [5.74, 6) is -5.01. The minimum atomic E-state index is -2.13. The molecule has 228 valence electrons. The van der Waals surface area contributed by atoms with Gasteiger partial charge in [0.05, 0.1) is 17.4 Å². The van der Waals surface area contributed by atoms with Crippen molar-refractivity contribution < 1.29 is 52.7 Å². The smallest absolute Gasteiger partial charge is 0.312 e. The van der Waals surface area contributed by atoms with Gasteiger partial charge < -0.3 is 33.5 Å². The van der Waals surface area contributed by atoms with Crippen LogP contribution in [0.5, 0.6) is 0 Å². The maximum Gasteiger partial charge on any atom is 0.312 e. The van der Waals surface area contributed by atoms with E-state index in [2.05, 4.69) is 6.58 Å². The highest BCUT2D eigenvalue weighted by Gasteiger charge is 2.78. The van der Waals surface area contributed by atoms with Crippen LogP contribution >= 0.6 is 11.6 Å². The van der Waals surface area contributed by atoms with E-state index in [1.807, 2.05) is 27.7 Å². The molecular formula is C29H39ClO11. The van der Waals surface area contributed by atoms with E-state index in [0.29, 0.717) is 5.57 Å². The Bertz CT molecular complexity index is 1160. The van der Waals surface area contributed by atoms with E-state index in [-0.39, 0.29) is 12.3 Å². The van der Waals surface area contributed by atoms with Gasteiger partial charge in [-0.15, -0.1) is 11.6 Å². The number of halogens is 1. The first-order valence-corrected chi connectivity index (χ1v) is 14.6. The molecule has 1 N–H and O–H groups in total. The number of alkyl halides is 1. The topological polar surface area (TPSA) is 150 Å². The van der Waals surface area contributed by atoms with E-state index >= 15 is 0 Å². The van der Waals surface area contributed by atoms with E-state index in [1.165, 1.54) is 20.8 Å². The zero-order valence-electron chi connectivity index (χ0n) is 24.3. The van der Waals surface area contributed by atoms with E-state index < -0.39 is 107 Å². The van der Waals surface area contributed by atoms with Crippen LogP contribution in [-0.2, 0) is 47.6 Å². The average molecular weight is 599 g/mol. The van der Waals surface area contributed by atoms with Crippen LogP contribution < -0.4 is 0 Å². The molecule has 1 unspecified atom stereocenters. The lowest BCUT2D eigenvalue weighted by atomic mass is 9.53. The number of rotatable bonds is 5. The molecule has 0 amide bonds. The Kier molecular flexibility index (Phi) is 7.53. The molecule has 5 rings (SSSR count). The van der Waals surface area contributed by atoms with Crippen molar-refractivity contribution in [3.05, 3.63) is 12.2 Å². The molecule has 0 spiro atoms. The SMILES string of the molecule is C=C1[C@H]2O[C@H]2[C@H](OC(C)=O)[C@]2(C)C([C@@H](C)[C@@H](OC(=O)CC(C)C)[C@@H]3O[C@@H]32)[C@H](OC(C)=O)[C@]2(O)[C@@H](C)C(=O)O[C@H]2[C@H]1Cl. The number of ether oxygens (including phenoxy) is 6. The van der Waals surface area contributed by atoms with E-state index in [0.717, 1.165) is 0 Å². The van der Waals surface area contributed by atoms with Crippen LogP contribution in [0.4, 0.5) is 0 Å². The molecule has 3 heterocycles. The lowest BCUT2D eigenvalue weighted by molar-refractivity contribution is -0.227. The molecule has 3 aliphatic heterocycles. The number of aliphatic hydroxyl groups is 1. The molecule has 3 saturated heterocycles.